The summed E-state index contributed by atoms with van der Waals surface area (Å²) < 4.78 is 38.5. The number of nitrogens with zero attached hydrogens (tertiary/aromatic N) is 2. The van der Waals surface area contributed by atoms with Crippen LogP contribution < -0.4 is 10.5 Å². The maximum atomic E-state index is 13.0. The predicted molar refractivity (Wildman–Crippen MR) is 130 cm³/mol. The van der Waals surface area contributed by atoms with E-state index in [1.165, 1.54) is 35.3 Å². The Morgan fingerprint density at radius 2 is 1.97 bits per heavy atom. The number of fused-ring (bicyclic) bond motifs is 1. The number of hydrogen-bond acceptors (Lipinski definition) is 6. The number of nitrogens with one attached hydrogen (secondary N) is 1. The molecule has 0 radical (unpaired) electrons. The quantitative estimate of drug-likeness (QED) is 0.499. The van der Waals surface area contributed by atoms with Gasteiger partial charge in [0.25, 0.3) is 0 Å². The van der Waals surface area contributed by atoms with Gasteiger partial charge in [-0.2, -0.15) is 0 Å². The molecule has 2 fully saturated rings. The van der Waals surface area contributed by atoms with Gasteiger partial charge >= 0.3 is 5.76 Å². The molecular formula is C24H28ClN3O5S. The second-order valence-electron chi connectivity index (χ2n) is 9.25. The lowest BCUT2D eigenvalue weighted by atomic mass is 9.82. The molecule has 1 N–H and O–H groups in total. The van der Waals surface area contributed by atoms with Crippen LogP contribution in [0.15, 0.2) is 50.5 Å². The van der Waals surface area contributed by atoms with Gasteiger partial charge in [-0.05, 0) is 68.5 Å². The van der Waals surface area contributed by atoms with E-state index in [0.717, 1.165) is 38.0 Å². The fourth-order valence-electron chi connectivity index (χ4n) is 4.78. The first-order valence-corrected chi connectivity index (χ1v) is 13.4. The van der Waals surface area contributed by atoms with Crippen LogP contribution in [-0.2, 0) is 16.6 Å². The molecule has 2 heterocycles. The van der Waals surface area contributed by atoms with E-state index in [9.17, 15) is 13.2 Å². The van der Waals surface area contributed by atoms with E-state index in [0.29, 0.717) is 22.8 Å². The van der Waals surface area contributed by atoms with Crippen LogP contribution in [-0.4, -0.2) is 55.4 Å². The molecule has 2 aromatic carbocycles. The van der Waals surface area contributed by atoms with Gasteiger partial charge in [0.2, 0.25) is 10.0 Å². The van der Waals surface area contributed by atoms with Gasteiger partial charge in [0.05, 0.1) is 21.5 Å². The average Bonchev–Trinajstić information content (AvgIpc) is 3.42. The molecule has 1 aliphatic heterocycles. The van der Waals surface area contributed by atoms with Gasteiger partial charge in [0, 0.05) is 26.2 Å². The molecule has 0 spiro atoms. The zero-order chi connectivity index (χ0) is 23.9. The maximum absolute atomic E-state index is 13.0. The van der Waals surface area contributed by atoms with Crippen molar-refractivity contribution in [3.63, 3.8) is 0 Å². The highest BCUT2D eigenvalue weighted by molar-refractivity contribution is 7.89. The van der Waals surface area contributed by atoms with E-state index in [2.05, 4.69) is 9.88 Å². The SMILES string of the molecule is CN(CC1CC(Oc2cccc(CN3CCCC3)c2Cl)C1)S(=O)(=O)c1ccc2[nH]c(=O)oc2c1. The number of sulfonamides is 1. The van der Waals surface area contributed by atoms with Crippen LogP contribution in [0.2, 0.25) is 5.02 Å². The lowest BCUT2D eigenvalue weighted by Gasteiger charge is -2.37. The summed E-state index contributed by atoms with van der Waals surface area (Å²) >= 11 is 6.64. The van der Waals surface area contributed by atoms with E-state index in [-0.39, 0.29) is 22.5 Å². The number of aromatic amines is 1. The molecular weight excluding hydrogens is 478 g/mol. The van der Waals surface area contributed by atoms with Crippen LogP contribution >= 0.6 is 11.6 Å². The Bertz CT molecular complexity index is 1340. The molecule has 0 atom stereocenters. The lowest BCUT2D eigenvalue weighted by molar-refractivity contribution is 0.0575. The molecule has 0 amide bonds. The van der Waals surface area contributed by atoms with Crippen molar-refractivity contribution in [3.05, 3.63) is 57.5 Å². The summed E-state index contributed by atoms with van der Waals surface area (Å²) in [5.41, 5.74) is 1.77. The molecule has 1 aliphatic carbocycles. The predicted octanol–water partition coefficient (Wildman–Crippen LogP) is 3.85. The van der Waals surface area contributed by atoms with Crippen LogP contribution in [0.5, 0.6) is 5.75 Å². The number of ether oxygens (including phenoxy) is 1. The summed E-state index contributed by atoms with van der Waals surface area (Å²) in [6.07, 6.45) is 4.01. The first-order chi connectivity index (χ1) is 16.3. The first kappa shape index (κ1) is 23.4. The normalized spacial score (nSPS) is 21.3. The largest absolute Gasteiger partial charge is 0.489 e. The van der Waals surface area contributed by atoms with E-state index in [4.69, 9.17) is 20.8 Å². The van der Waals surface area contributed by atoms with Gasteiger partial charge in [-0.25, -0.2) is 17.5 Å². The van der Waals surface area contributed by atoms with Gasteiger partial charge in [-0.1, -0.05) is 23.7 Å². The molecule has 1 aromatic heterocycles. The van der Waals surface area contributed by atoms with Crippen LogP contribution in [0.4, 0.5) is 0 Å². The number of H-pyrrole nitrogens is 1. The third-order valence-corrected chi connectivity index (χ3v) is 8.99. The second kappa shape index (κ2) is 9.37. The molecule has 1 saturated carbocycles. The molecule has 34 heavy (non-hydrogen) atoms. The van der Waals surface area contributed by atoms with Crippen LogP contribution in [0.25, 0.3) is 11.1 Å². The lowest BCUT2D eigenvalue weighted by Crippen LogP contribution is -2.41. The Kier molecular flexibility index (Phi) is 6.45. The van der Waals surface area contributed by atoms with E-state index < -0.39 is 15.8 Å². The molecule has 0 bridgehead atoms. The number of hydrogen-bond donors (Lipinski definition) is 1. The number of halogens is 1. The first-order valence-electron chi connectivity index (χ1n) is 11.6. The van der Waals surface area contributed by atoms with Crippen molar-refractivity contribution in [1.29, 1.82) is 0 Å². The van der Waals surface area contributed by atoms with Crippen molar-refractivity contribution < 1.29 is 17.6 Å². The Morgan fingerprint density at radius 3 is 2.74 bits per heavy atom. The van der Waals surface area contributed by atoms with Crippen molar-refractivity contribution in [2.45, 2.75) is 43.2 Å². The highest BCUT2D eigenvalue weighted by atomic mass is 35.5. The van der Waals surface area contributed by atoms with E-state index in [1.807, 2.05) is 18.2 Å². The van der Waals surface area contributed by atoms with Crippen molar-refractivity contribution >= 4 is 32.7 Å². The minimum atomic E-state index is -3.70. The van der Waals surface area contributed by atoms with Crippen LogP contribution in [0.1, 0.15) is 31.2 Å². The highest BCUT2D eigenvalue weighted by Gasteiger charge is 2.35. The summed E-state index contributed by atoms with van der Waals surface area (Å²) in [6.45, 7) is 3.44. The van der Waals surface area contributed by atoms with Crippen molar-refractivity contribution in [2.75, 3.05) is 26.7 Å². The minimum absolute atomic E-state index is 0.0196. The van der Waals surface area contributed by atoms with Gasteiger partial charge in [-0.3, -0.25) is 9.88 Å². The summed E-state index contributed by atoms with van der Waals surface area (Å²) in [6, 6.07) is 10.3. The van der Waals surface area contributed by atoms with Gasteiger partial charge in [-0.15, -0.1) is 0 Å². The third-order valence-electron chi connectivity index (χ3n) is 6.74. The monoisotopic (exact) mass is 505 g/mol. The average molecular weight is 506 g/mol. The van der Waals surface area contributed by atoms with Crippen LogP contribution in [0, 0.1) is 5.92 Å². The third kappa shape index (κ3) is 4.75. The van der Waals surface area contributed by atoms with Crippen molar-refractivity contribution in [2.24, 2.45) is 5.92 Å². The Balaban J connectivity index is 1.17. The summed E-state index contributed by atoms with van der Waals surface area (Å²) in [4.78, 5) is 16.4. The molecule has 182 valence electrons. The summed E-state index contributed by atoms with van der Waals surface area (Å²) in [5.74, 6) is 0.287. The number of likely N-dealkylation sites (tertiary alicyclic amines) is 1. The topological polar surface area (TPSA) is 95.9 Å². The fourth-order valence-corrected chi connectivity index (χ4v) is 6.27. The maximum Gasteiger partial charge on any atom is 0.417 e. The second-order valence-corrected chi connectivity index (χ2v) is 11.7. The van der Waals surface area contributed by atoms with Gasteiger partial charge in [0.15, 0.2) is 5.58 Å². The van der Waals surface area contributed by atoms with Gasteiger partial charge in [0.1, 0.15) is 5.75 Å². The fraction of sp³-hybridized carbons (Fsp3) is 0.458. The number of oxazole rings is 1. The molecule has 8 nitrogen and oxygen atoms in total. The highest BCUT2D eigenvalue weighted by Crippen LogP contribution is 2.37. The Hall–Kier alpha value is -2.33. The number of benzene rings is 2. The van der Waals surface area contributed by atoms with Crippen LogP contribution in [0.3, 0.4) is 0 Å². The standard InChI is InChI=1S/C24H28ClN3O5S/c1-27(34(30,31)19-7-8-20-22(13-19)33-24(29)26-20)14-16-11-18(12-16)32-21-6-4-5-17(23(21)25)15-28-9-2-3-10-28/h4-8,13,16,18H,2-3,9-12,14-15H2,1H3,(H,26,29). The number of rotatable bonds is 8. The van der Waals surface area contributed by atoms with E-state index in [1.54, 1.807) is 7.05 Å². The minimum Gasteiger partial charge on any atom is -0.489 e. The molecule has 5 rings (SSSR count). The summed E-state index contributed by atoms with van der Waals surface area (Å²) in [7, 11) is -2.13. The molecule has 3 aromatic rings. The summed E-state index contributed by atoms with van der Waals surface area (Å²) in [5, 5.41) is 0.671. The number of aromatic nitrogens is 1. The zero-order valence-corrected chi connectivity index (χ0v) is 20.6. The zero-order valence-electron chi connectivity index (χ0n) is 19.0. The van der Waals surface area contributed by atoms with E-state index >= 15 is 0 Å². The smallest absolute Gasteiger partial charge is 0.417 e. The molecule has 10 heteroatoms. The molecule has 1 saturated heterocycles. The van der Waals surface area contributed by atoms with Crippen molar-refractivity contribution in [1.82, 2.24) is 14.2 Å². The Labute approximate surface area is 203 Å². The van der Waals surface area contributed by atoms with Crippen molar-refractivity contribution in [3.8, 4) is 5.75 Å². The molecule has 2 aliphatic rings. The Morgan fingerprint density at radius 1 is 1.21 bits per heavy atom. The molecule has 0 unspecified atom stereocenters. The van der Waals surface area contributed by atoms with Gasteiger partial charge < -0.3 is 9.15 Å².